The molecule has 2 amide bonds. The van der Waals surface area contributed by atoms with Gasteiger partial charge in [-0.25, -0.2) is 4.98 Å². The van der Waals surface area contributed by atoms with E-state index >= 15 is 0 Å². The Bertz CT molecular complexity index is 812. The number of imide groups is 1. The molecule has 3 heterocycles. The molecule has 0 saturated carbocycles. The Kier molecular flexibility index (Phi) is 3.17. The minimum atomic E-state index is -0.367. The third-order valence-electron chi connectivity index (χ3n) is 3.65. The number of amides is 2. The van der Waals surface area contributed by atoms with E-state index in [9.17, 15) is 9.59 Å². The number of pyridine rings is 1. The lowest BCUT2D eigenvalue weighted by molar-refractivity contribution is -0.123. The number of carbonyl (C=O) groups excluding carboxylic acids is 2. The van der Waals surface area contributed by atoms with Crippen molar-refractivity contribution < 1.29 is 9.59 Å². The van der Waals surface area contributed by atoms with Crippen molar-refractivity contribution in [1.82, 2.24) is 14.7 Å². The number of carbonyl (C=O) groups is 2. The second kappa shape index (κ2) is 5.01. The van der Waals surface area contributed by atoms with Gasteiger partial charge in [-0.15, -0.1) is 0 Å². The molecule has 1 aliphatic heterocycles. The Balaban J connectivity index is 2.31. The Morgan fingerprint density at radius 1 is 1.33 bits per heavy atom. The van der Waals surface area contributed by atoms with Crippen LogP contribution in [0.25, 0.3) is 11.2 Å². The lowest BCUT2D eigenvalue weighted by Gasteiger charge is -2.06. The van der Waals surface area contributed by atoms with Crippen LogP contribution in [-0.4, -0.2) is 21.2 Å². The molecule has 2 aromatic heterocycles. The van der Waals surface area contributed by atoms with Crippen molar-refractivity contribution in [3.05, 3.63) is 53.5 Å². The topological polar surface area (TPSA) is 63.5 Å². The maximum atomic E-state index is 12.2. The van der Waals surface area contributed by atoms with E-state index in [4.69, 9.17) is 0 Å². The summed E-state index contributed by atoms with van der Waals surface area (Å²) < 4.78 is 1.82. The highest BCUT2D eigenvalue weighted by atomic mass is 16.2. The summed E-state index contributed by atoms with van der Waals surface area (Å²) >= 11 is 0. The molecule has 21 heavy (non-hydrogen) atoms. The zero-order valence-electron chi connectivity index (χ0n) is 11.9. The summed E-state index contributed by atoms with van der Waals surface area (Å²) in [4.78, 5) is 28.6. The molecule has 0 atom stereocenters. The molecular weight excluding hydrogens is 266 g/mol. The van der Waals surface area contributed by atoms with Crippen LogP contribution in [0.4, 0.5) is 0 Å². The highest BCUT2D eigenvalue weighted by Gasteiger charge is 2.34. The first-order valence-corrected chi connectivity index (χ1v) is 6.85. The summed E-state index contributed by atoms with van der Waals surface area (Å²) in [6, 6.07) is 5.60. The van der Waals surface area contributed by atoms with Gasteiger partial charge in [0, 0.05) is 6.20 Å². The van der Waals surface area contributed by atoms with Gasteiger partial charge in [0.2, 0.25) is 0 Å². The van der Waals surface area contributed by atoms with Crippen LogP contribution >= 0.6 is 0 Å². The van der Waals surface area contributed by atoms with Crippen molar-refractivity contribution in [2.45, 2.75) is 20.3 Å². The first-order chi connectivity index (χ1) is 10.2. The third kappa shape index (κ3) is 1.98. The van der Waals surface area contributed by atoms with E-state index in [1.165, 1.54) is 0 Å². The Morgan fingerprint density at radius 3 is 2.86 bits per heavy atom. The molecule has 0 unspecified atom stereocenters. The molecule has 2 aromatic rings. The Labute approximate surface area is 122 Å². The van der Waals surface area contributed by atoms with Gasteiger partial charge in [-0.3, -0.25) is 19.3 Å². The summed E-state index contributed by atoms with van der Waals surface area (Å²) in [6.07, 6.45) is 6.02. The van der Waals surface area contributed by atoms with Crippen LogP contribution in [0.2, 0.25) is 0 Å². The fourth-order valence-electron chi connectivity index (χ4n) is 2.65. The van der Waals surface area contributed by atoms with Crippen LogP contribution in [0.1, 0.15) is 26.0 Å². The lowest BCUT2D eigenvalue weighted by atomic mass is 9.97. The van der Waals surface area contributed by atoms with Crippen LogP contribution in [-0.2, 0) is 9.59 Å². The smallest absolute Gasteiger partial charge is 0.261 e. The Morgan fingerprint density at radius 2 is 2.14 bits per heavy atom. The number of hydrogen-bond acceptors (Lipinski definition) is 3. The van der Waals surface area contributed by atoms with Crippen molar-refractivity contribution in [3.8, 4) is 0 Å². The van der Waals surface area contributed by atoms with Crippen LogP contribution in [0.5, 0.6) is 0 Å². The number of nitrogens with one attached hydrogen (secondary N) is 1. The summed E-state index contributed by atoms with van der Waals surface area (Å²) in [5, 5.41) is 2.39. The monoisotopic (exact) mass is 281 g/mol. The molecule has 0 aliphatic carbocycles. The first kappa shape index (κ1) is 13.3. The molecule has 0 radical (unpaired) electrons. The number of aromatic nitrogens is 2. The zero-order chi connectivity index (χ0) is 15.0. The molecule has 5 heteroatoms. The largest absolute Gasteiger partial charge is 0.299 e. The van der Waals surface area contributed by atoms with Crippen molar-refractivity contribution in [2.75, 3.05) is 0 Å². The quantitative estimate of drug-likeness (QED) is 0.876. The third-order valence-corrected chi connectivity index (χ3v) is 3.65. The number of hydrogen-bond donors (Lipinski definition) is 1. The van der Waals surface area contributed by atoms with E-state index in [0.29, 0.717) is 23.3 Å². The molecule has 0 spiro atoms. The molecule has 1 N–H and O–H groups in total. The second-order valence-electron chi connectivity index (χ2n) is 4.77. The van der Waals surface area contributed by atoms with Crippen LogP contribution in [0.15, 0.2) is 47.8 Å². The number of nitrogens with zero attached hydrogens (tertiary/aromatic N) is 2. The van der Waals surface area contributed by atoms with Gasteiger partial charge in [0.1, 0.15) is 5.65 Å². The molecule has 106 valence electrons. The number of imidazole rings is 1. The molecule has 0 bridgehead atoms. The predicted octanol–water partition coefficient (Wildman–Crippen LogP) is 2.10. The molecular formula is C16H15N3O2. The van der Waals surface area contributed by atoms with Crippen molar-refractivity contribution >= 4 is 23.0 Å². The first-order valence-electron chi connectivity index (χ1n) is 6.85. The van der Waals surface area contributed by atoms with Gasteiger partial charge in [-0.1, -0.05) is 19.1 Å². The van der Waals surface area contributed by atoms with Gasteiger partial charge in [0.25, 0.3) is 11.8 Å². The van der Waals surface area contributed by atoms with E-state index in [1.807, 2.05) is 48.7 Å². The van der Waals surface area contributed by atoms with E-state index < -0.39 is 0 Å². The van der Waals surface area contributed by atoms with E-state index in [2.05, 4.69) is 10.3 Å². The van der Waals surface area contributed by atoms with Crippen LogP contribution in [0.3, 0.4) is 0 Å². The molecule has 0 aromatic carbocycles. The maximum absolute atomic E-state index is 12.2. The summed E-state index contributed by atoms with van der Waals surface area (Å²) in [7, 11) is 0. The van der Waals surface area contributed by atoms with Crippen LogP contribution in [0, 0.1) is 0 Å². The molecule has 1 aliphatic rings. The number of fused-ring (bicyclic) bond motifs is 1. The molecule has 5 nitrogen and oxygen atoms in total. The van der Waals surface area contributed by atoms with Crippen molar-refractivity contribution in [2.24, 2.45) is 0 Å². The average Bonchev–Trinajstić information content (AvgIpc) is 3.02. The predicted molar refractivity (Wildman–Crippen MR) is 79.3 cm³/mol. The van der Waals surface area contributed by atoms with E-state index in [-0.39, 0.29) is 11.8 Å². The van der Waals surface area contributed by atoms with Gasteiger partial charge in [-0.05, 0) is 31.1 Å². The van der Waals surface area contributed by atoms with E-state index in [1.54, 1.807) is 6.20 Å². The normalized spacial score (nSPS) is 16.0. The minimum Gasteiger partial charge on any atom is -0.299 e. The number of allylic oxidation sites excluding steroid dienone is 1. The van der Waals surface area contributed by atoms with Crippen molar-refractivity contribution in [1.29, 1.82) is 0 Å². The van der Waals surface area contributed by atoms with Gasteiger partial charge in [0.15, 0.2) is 0 Å². The van der Waals surface area contributed by atoms with E-state index in [0.717, 1.165) is 11.2 Å². The lowest BCUT2D eigenvalue weighted by Crippen LogP contribution is -2.23. The summed E-state index contributed by atoms with van der Waals surface area (Å²) in [5.41, 5.74) is 3.09. The summed E-state index contributed by atoms with van der Waals surface area (Å²) in [5.74, 6) is -0.704. The zero-order valence-corrected chi connectivity index (χ0v) is 11.9. The molecule has 3 rings (SSSR count). The summed E-state index contributed by atoms with van der Waals surface area (Å²) in [6.45, 7) is 3.83. The average molecular weight is 281 g/mol. The van der Waals surface area contributed by atoms with Gasteiger partial charge >= 0.3 is 0 Å². The van der Waals surface area contributed by atoms with Gasteiger partial charge in [0.05, 0.1) is 23.0 Å². The fraction of sp³-hybridized carbons (Fsp3) is 0.188. The van der Waals surface area contributed by atoms with Crippen molar-refractivity contribution in [3.63, 3.8) is 0 Å². The van der Waals surface area contributed by atoms with Gasteiger partial charge < -0.3 is 0 Å². The second-order valence-corrected chi connectivity index (χ2v) is 4.77. The molecule has 0 saturated heterocycles. The minimum absolute atomic E-state index is 0.337. The highest BCUT2D eigenvalue weighted by Crippen LogP contribution is 2.30. The fourth-order valence-corrected chi connectivity index (χ4v) is 2.65. The Hall–Kier alpha value is -2.69. The van der Waals surface area contributed by atoms with Gasteiger partial charge in [-0.2, -0.15) is 0 Å². The number of rotatable bonds is 3. The standard InChI is InChI=1S/C16H15N3O2/c1-3-10(4-2)13-14(16(21)18-15(13)20)11-9-17-12-7-5-6-8-19(11)12/h3,5-9H,4H2,1-2H3,(H,18,20,21)/b10-3+. The maximum Gasteiger partial charge on any atom is 0.261 e. The SMILES string of the molecule is C/C=C(\CC)C1=C(c2cnc3ccccn23)C(=O)NC1=O. The molecule has 0 fully saturated rings. The highest BCUT2D eigenvalue weighted by molar-refractivity contribution is 6.37. The van der Waals surface area contributed by atoms with Crippen LogP contribution < -0.4 is 5.32 Å².